The standard InChI is InChI=1S/C13H12O5/c1-6-2-12(16)17-11-5-8-9(15)3-7(14)4-10(8)18-13(6)11/h2-4,11,13-15H,5H2,1H3/t11-,13-/m0/s1. The number of benzene rings is 1. The van der Waals surface area contributed by atoms with E-state index in [1.54, 1.807) is 6.92 Å². The minimum Gasteiger partial charge on any atom is -0.508 e. The molecule has 94 valence electrons. The van der Waals surface area contributed by atoms with Gasteiger partial charge in [-0.05, 0) is 12.5 Å². The number of phenolic OH excluding ortho intramolecular Hbond substituents is 2. The molecule has 1 aromatic carbocycles. The fourth-order valence-corrected chi connectivity index (χ4v) is 2.39. The third kappa shape index (κ3) is 1.59. The van der Waals surface area contributed by atoms with Crippen LogP contribution in [0.25, 0.3) is 0 Å². The van der Waals surface area contributed by atoms with Gasteiger partial charge in [-0.15, -0.1) is 0 Å². The van der Waals surface area contributed by atoms with E-state index in [0.29, 0.717) is 17.7 Å². The van der Waals surface area contributed by atoms with Gasteiger partial charge in [0.15, 0.2) is 6.10 Å². The van der Waals surface area contributed by atoms with Crippen molar-refractivity contribution in [2.24, 2.45) is 0 Å². The molecule has 0 saturated heterocycles. The number of rotatable bonds is 0. The summed E-state index contributed by atoms with van der Waals surface area (Å²) in [5.74, 6) is -0.0654. The van der Waals surface area contributed by atoms with E-state index in [4.69, 9.17) is 9.47 Å². The Labute approximate surface area is 103 Å². The number of fused-ring (bicyclic) bond motifs is 2. The molecule has 0 aromatic heterocycles. The SMILES string of the molecule is CC1=CC(=O)O[C@H]2Cc3c(O)cc(O)cc3O[C@@H]12. The van der Waals surface area contributed by atoms with Crippen LogP contribution in [0, 0.1) is 0 Å². The number of phenols is 2. The Morgan fingerprint density at radius 3 is 2.83 bits per heavy atom. The maximum absolute atomic E-state index is 11.3. The van der Waals surface area contributed by atoms with E-state index in [1.165, 1.54) is 18.2 Å². The van der Waals surface area contributed by atoms with Crippen molar-refractivity contribution in [3.8, 4) is 17.2 Å². The van der Waals surface area contributed by atoms with Crippen molar-refractivity contribution in [1.29, 1.82) is 0 Å². The van der Waals surface area contributed by atoms with Gasteiger partial charge in [-0.3, -0.25) is 0 Å². The first-order valence-corrected chi connectivity index (χ1v) is 5.65. The molecule has 0 amide bonds. The summed E-state index contributed by atoms with van der Waals surface area (Å²) in [6, 6.07) is 2.70. The average Bonchev–Trinajstić information content (AvgIpc) is 2.27. The molecule has 0 fully saturated rings. The highest BCUT2D eigenvalue weighted by molar-refractivity contribution is 5.84. The summed E-state index contributed by atoms with van der Waals surface area (Å²) in [4.78, 5) is 11.3. The molecule has 0 saturated carbocycles. The lowest BCUT2D eigenvalue weighted by atomic mass is 9.93. The molecule has 2 N–H and O–H groups in total. The van der Waals surface area contributed by atoms with Crippen molar-refractivity contribution < 1.29 is 24.5 Å². The van der Waals surface area contributed by atoms with Crippen molar-refractivity contribution in [3.63, 3.8) is 0 Å². The van der Waals surface area contributed by atoms with Crippen LogP contribution >= 0.6 is 0 Å². The second-order valence-corrected chi connectivity index (χ2v) is 4.55. The van der Waals surface area contributed by atoms with Crippen molar-refractivity contribution in [2.75, 3.05) is 0 Å². The summed E-state index contributed by atoms with van der Waals surface area (Å²) in [6.07, 6.45) is 1.000. The van der Waals surface area contributed by atoms with E-state index < -0.39 is 6.10 Å². The molecule has 2 atom stereocenters. The van der Waals surface area contributed by atoms with Crippen molar-refractivity contribution in [2.45, 2.75) is 25.6 Å². The fourth-order valence-electron chi connectivity index (χ4n) is 2.39. The Morgan fingerprint density at radius 1 is 1.28 bits per heavy atom. The molecule has 3 rings (SSSR count). The number of hydrogen-bond acceptors (Lipinski definition) is 5. The molecule has 0 spiro atoms. The predicted molar refractivity (Wildman–Crippen MR) is 61.5 cm³/mol. The van der Waals surface area contributed by atoms with E-state index in [9.17, 15) is 15.0 Å². The first kappa shape index (κ1) is 11.0. The first-order valence-electron chi connectivity index (χ1n) is 5.65. The molecule has 0 unspecified atom stereocenters. The minimum atomic E-state index is -0.426. The van der Waals surface area contributed by atoms with Gasteiger partial charge in [-0.25, -0.2) is 4.79 Å². The molecule has 0 aliphatic carbocycles. The summed E-state index contributed by atoms with van der Waals surface area (Å²) in [6.45, 7) is 1.80. The maximum atomic E-state index is 11.3. The molecular formula is C13H12O5. The van der Waals surface area contributed by atoms with E-state index in [-0.39, 0.29) is 23.6 Å². The first-order chi connectivity index (χ1) is 8.54. The number of ether oxygens (including phenoxy) is 2. The molecule has 5 nitrogen and oxygen atoms in total. The van der Waals surface area contributed by atoms with Gasteiger partial charge in [-0.2, -0.15) is 0 Å². The van der Waals surface area contributed by atoms with Gasteiger partial charge in [0.05, 0.1) is 0 Å². The predicted octanol–water partition coefficient (Wildman–Crippen LogP) is 1.27. The summed E-state index contributed by atoms with van der Waals surface area (Å²) in [5, 5.41) is 19.2. The topological polar surface area (TPSA) is 76.0 Å². The third-order valence-corrected chi connectivity index (χ3v) is 3.23. The Balaban J connectivity index is 2.04. The van der Waals surface area contributed by atoms with Crippen molar-refractivity contribution >= 4 is 5.97 Å². The second-order valence-electron chi connectivity index (χ2n) is 4.55. The van der Waals surface area contributed by atoms with Crippen LogP contribution in [0.15, 0.2) is 23.8 Å². The summed E-state index contributed by atoms with van der Waals surface area (Å²) < 4.78 is 10.9. The fraction of sp³-hybridized carbons (Fsp3) is 0.308. The zero-order valence-electron chi connectivity index (χ0n) is 9.71. The van der Waals surface area contributed by atoms with Crippen LogP contribution in [0.5, 0.6) is 17.2 Å². The van der Waals surface area contributed by atoms with Gasteiger partial charge in [0.2, 0.25) is 0 Å². The molecule has 0 radical (unpaired) electrons. The third-order valence-electron chi connectivity index (χ3n) is 3.23. The second kappa shape index (κ2) is 3.66. The van der Waals surface area contributed by atoms with E-state index in [0.717, 1.165) is 5.57 Å². The van der Waals surface area contributed by atoms with Gasteiger partial charge < -0.3 is 19.7 Å². The van der Waals surface area contributed by atoms with E-state index in [2.05, 4.69) is 0 Å². The Hall–Kier alpha value is -2.17. The van der Waals surface area contributed by atoms with Crippen molar-refractivity contribution in [3.05, 3.63) is 29.3 Å². The van der Waals surface area contributed by atoms with Crippen LogP contribution in [0.1, 0.15) is 12.5 Å². The molecule has 2 aliphatic heterocycles. The Kier molecular flexibility index (Phi) is 2.23. The van der Waals surface area contributed by atoms with Gasteiger partial charge in [0.25, 0.3) is 0 Å². The highest BCUT2D eigenvalue weighted by Crippen LogP contribution is 2.40. The van der Waals surface area contributed by atoms with Gasteiger partial charge >= 0.3 is 5.97 Å². The minimum absolute atomic E-state index is 0.0493. The maximum Gasteiger partial charge on any atom is 0.331 e. The quantitative estimate of drug-likeness (QED) is 0.676. The lowest BCUT2D eigenvalue weighted by Gasteiger charge is -2.36. The molecule has 5 heteroatoms. The lowest BCUT2D eigenvalue weighted by Crippen LogP contribution is -2.44. The van der Waals surface area contributed by atoms with Crippen LogP contribution in [0.4, 0.5) is 0 Å². The number of hydrogen-bond donors (Lipinski definition) is 2. The summed E-state index contributed by atoms with van der Waals surface area (Å²) >= 11 is 0. The van der Waals surface area contributed by atoms with Crippen molar-refractivity contribution in [1.82, 2.24) is 0 Å². The number of carbonyl (C=O) groups is 1. The van der Waals surface area contributed by atoms with Gasteiger partial charge in [0.1, 0.15) is 23.4 Å². The Bertz CT molecular complexity index is 561. The van der Waals surface area contributed by atoms with Crippen LogP contribution in [-0.4, -0.2) is 28.4 Å². The molecule has 0 bridgehead atoms. The smallest absolute Gasteiger partial charge is 0.331 e. The highest BCUT2D eigenvalue weighted by Gasteiger charge is 2.38. The zero-order valence-corrected chi connectivity index (χ0v) is 9.71. The van der Waals surface area contributed by atoms with Gasteiger partial charge in [0, 0.05) is 30.2 Å². The van der Waals surface area contributed by atoms with E-state index in [1.807, 2.05) is 0 Å². The highest BCUT2D eigenvalue weighted by atomic mass is 16.6. The summed E-state index contributed by atoms with van der Waals surface area (Å²) in [7, 11) is 0. The Morgan fingerprint density at radius 2 is 2.06 bits per heavy atom. The van der Waals surface area contributed by atoms with E-state index >= 15 is 0 Å². The number of aromatic hydroxyl groups is 2. The lowest BCUT2D eigenvalue weighted by molar-refractivity contribution is -0.150. The zero-order chi connectivity index (χ0) is 12.9. The number of carbonyl (C=O) groups excluding carboxylic acids is 1. The largest absolute Gasteiger partial charge is 0.508 e. The molecule has 18 heavy (non-hydrogen) atoms. The van der Waals surface area contributed by atoms with Crippen LogP contribution in [0.2, 0.25) is 0 Å². The molecule has 2 heterocycles. The molecule has 2 aliphatic rings. The number of esters is 1. The molecule has 1 aromatic rings. The van der Waals surface area contributed by atoms with Crippen LogP contribution < -0.4 is 4.74 Å². The molecular weight excluding hydrogens is 236 g/mol. The van der Waals surface area contributed by atoms with Crippen LogP contribution in [0.3, 0.4) is 0 Å². The summed E-state index contributed by atoms with van der Waals surface area (Å²) in [5.41, 5.74) is 1.33. The normalized spacial score (nSPS) is 25.4. The monoisotopic (exact) mass is 248 g/mol. The average molecular weight is 248 g/mol. The van der Waals surface area contributed by atoms with Crippen LogP contribution in [-0.2, 0) is 16.0 Å². The van der Waals surface area contributed by atoms with Gasteiger partial charge in [-0.1, -0.05) is 0 Å².